The van der Waals surface area contributed by atoms with Crippen LogP contribution in [0.3, 0.4) is 0 Å². The van der Waals surface area contributed by atoms with Crippen LogP contribution in [0.25, 0.3) is 11.0 Å². The number of aryl methyl sites for hydroxylation is 1. The number of aliphatic hydroxyl groups excluding tert-OH is 1. The molecule has 0 saturated heterocycles. The fourth-order valence-electron chi connectivity index (χ4n) is 2.22. The topological polar surface area (TPSA) is 64.1 Å². The molecule has 1 aromatic heterocycles. The Hall–Kier alpha value is -1.46. The van der Waals surface area contributed by atoms with Crippen LogP contribution in [0, 0.1) is 0 Å². The van der Waals surface area contributed by atoms with Crippen molar-refractivity contribution >= 4 is 28.2 Å². The van der Waals surface area contributed by atoms with Crippen molar-refractivity contribution in [1.29, 1.82) is 0 Å². The minimum atomic E-state index is 0.254. The predicted molar refractivity (Wildman–Crippen MR) is 81.2 cm³/mol. The number of imidazole rings is 1. The normalized spacial score (nSPS) is 11.0. The second kappa shape index (κ2) is 6.63. The van der Waals surface area contributed by atoms with Crippen molar-refractivity contribution in [3.63, 3.8) is 0 Å². The molecule has 0 spiro atoms. The van der Waals surface area contributed by atoms with E-state index in [0.717, 1.165) is 42.7 Å². The summed E-state index contributed by atoms with van der Waals surface area (Å²) in [7, 11) is 0. The van der Waals surface area contributed by atoms with Crippen LogP contribution in [0.5, 0.6) is 0 Å². The quantitative estimate of drug-likeness (QED) is 0.600. The largest absolute Gasteiger partial charge is 0.396 e. The molecule has 0 atom stereocenters. The summed E-state index contributed by atoms with van der Waals surface area (Å²) in [5.41, 5.74) is 7.74. The summed E-state index contributed by atoms with van der Waals surface area (Å²) < 4.78 is 2.19. The number of para-hydroxylation sites is 2. The zero-order valence-electron chi connectivity index (χ0n) is 10.9. The van der Waals surface area contributed by atoms with Crippen LogP contribution in [-0.2, 0) is 13.0 Å². The highest BCUT2D eigenvalue weighted by molar-refractivity contribution is 7.80. The van der Waals surface area contributed by atoms with Crippen molar-refractivity contribution in [3.05, 3.63) is 30.1 Å². The Kier molecular flexibility index (Phi) is 4.87. The van der Waals surface area contributed by atoms with E-state index in [-0.39, 0.29) is 6.61 Å². The third-order valence-corrected chi connectivity index (χ3v) is 3.25. The molecule has 1 heterocycles. The number of fused-ring (bicyclic) bond motifs is 1. The number of aliphatic hydroxyl groups is 1. The maximum atomic E-state index is 8.82. The van der Waals surface area contributed by atoms with Crippen LogP contribution >= 0.6 is 12.2 Å². The maximum Gasteiger partial charge on any atom is 0.116 e. The molecule has 4 nitrogen and oxygen atoms in total. The fraction of sp³-hybridized carbons (Fsp3) is 0.429. The SMILES string of the molecule is NC(=S)Cc1nc2ccccc2n1CCCCCO. The van der Waals surface area contributed by atoms with Gasteiger partial charge in [0.15, 0.2) is 0 Å². The Morgan fingerprint density at radius 2 is 2.05 bits per heavy atom. The van der Waals surface area contributed by atoms with Crippen LogP contribution < -0.4 is 5.73 Å². The third kappa shape index (κ3) is 3.52. The Labute approximate surface area is 118 Å². The Balaban J connectivity index is 2.23. The molecule has 0 saturated carbocycles. The Bertz CT molecular complexity index is 565. The van der Waals surface area contributed by atoms with E-state index in [0.29, 0.717) is 11.4 Å². The first-order valence-electron chi connectivity index (χ1n) is 6.55. The molecule has 0 aliphatic carbocycles. The van der Waals surface area contributed by atoms with E-state index in [9.17, 15) is 0 Å². The van der Waals surface area contributed by atoms with E-state index < -0.39 is 0 Å². The number of nitrogens with zero attached hydrogens (tertiary/aromatic N) is 2. The van der Waals surface area contributed by atoms with Crippen molar-refractivity contribution in [3.8, 4) is 0 Å². The summed E-state index contributed by atoms with van der Waals surface area (Å²) in [6.07, 6.45) is 3.40. The first kappa shape index (κ1) is 14.0. The van der Waals surface area contributed by atoms with Gasteiger partial charge in [-0.15, -0.1) is 0 Å². The molecule has 3 N–H and O–H groups in total. The van der Waals surface area contributed by atoms with Gasteiger partial charge in [-0.25, -0.2) is 4.98 Å². The van der Waals surface area contributed by atoms with Gasteiger partial charge in [0.2, 0.25) is 0 Å². The molecule has 0 amide bonds. The molecular weight excluding hydrogens is 258 g/mol. The molecule has 102 valence electrons. The molecule has 2 aromatic rings. The molecular formula is C14H19N3OS. The Morgan fingerprint density at radius 1 is 1.26 bits per heavy atom. The number of nitrogens with two attached hydrogens (primary N) is 1. The van der Waals surface area contributed by atoms with Gasteiger partial charge in [0, 0.05) is 13.2 Å². The minimum absolute atomic E-state index is 0.254. The molecule has 0 radical (unpaired) electrons. The summed E-state index contributed by atoms with van der Waals surface area (Å²) >= 11 is 4.99. The molecule has 0 unspecified atom stereocenters. The van der Waals surface area contributed by atoms with E-state index >= 15 is 0 Å². The predicted octanol–water partition coefficient (Wildman–Crippen LogP) is 2.03. The van der Waals surface area contributed by atoms with E-state index in [1.165, 1.54) is 0 Å². The summed E-state index contributed by atoms with van der Waals surface area (Å²) in [4.78, 5) is 5.06. The molecule has 0 fully saturated rings. The highest BCUT2D eigenvalue weighted by Gasteiger charge is 2.10. The van der Waals surface area contributed by atoms with Crippen molar-refractivity contribution in [2.75, 3.05) is 6.61 Å². The average Bonchev–Trinajstić information content (AvgIpc) is 2.72. The molecule has 19 heavy (non-hydrogen) atoms. The summed E-state index contributed by atoms with van der Waals surface area (Å²) in [5.74, 6) is 0.928. The van der Waals surface area contributed by atoms with Gasteiger partial charge in [-0.3, -0.25) is 0 Å². The molecule has 1 aromatic carbocycles. The number of aromatic nitrogens is 2. The van der Waals surface area contributed by atoms with Gasteiger partial charge in [-0.2, -0.15) is 0 Å². The highest BCUT2D eigenvalue weighted by atomic mass is 32.1. The van der Waals surface area contributed by atoms with E-state index in [4.69, 9.17) is 23.1 Å². The second-order valence-electron chi connectivity index (χ2n) is 4.60. The number of rotatable bonds is 7. The van der Waals surface area contributed by atoms with Crippen molar-refractivity contribution in [2.45, 2.75) is 32.2 Å². The van der Waals surface area contributed by atoms with Gasteiger partial charge in [0.1, 0.15) is 5.82 Å². The van der Waals surface area contributed by atoms with Crippen LogP contribution in [0.1, 0.15) is 25.1 Å². The van der Waals surface area contributed by atoms with E-state index in [1.54, 1.807) is 0 Å². The number of benzene rings is 1. The van der Waals surface area contributed by atoms with E-state index in [2.05, 4.69) is 15.6 Å². The number of unbranched alkanes of at least 4 members (excludes halogenated alkanes) is 2. The van der Waals surface area contributed by atoms with E-state index in [1.807, 2.05) is 18.2 Å². The monoisotopic (exact) mass is 277 g/mol. The van der Waals surface area contributed by atoms with Crippen molar-refractivity contribution in [1.82, 2.24) is 9.55 Å². The Morgan fingerprint density at radius 3 is 2.79 bits per heavy atom. The summed E-state index contributed by atoms with van der Waals surface area (Å²) in [6, 6.07) is 8.06. The summed E-state index contributed by atoms with van der Waals surface area (Å²) in [6.45, 7) is 1.14. The van der Waals surface area contributed by atoms with Crippen molar-refractivity contribution < 1.29 is 5.11 Å². The lowest BCUT2D eigenvalue weighted by molar-refractivity contribution is 0.282. The minimum Gasteiger partial charge on any atom is -0.396 e. The van der Waals surface area contributed by atoms with Gasteiger partial charge in [-0.05, 0) is 31.4 Å². The number of hydrogen-bond donors (Lipinski definition) is 2. The molecule has 0 bridgehead atoms. The third-order valence-electron chi connectivity index (χ3n) is 3.11. The first-order valence-corrected chi connectivity index (χ1v) is 6.96. The average molecular weight is 277 g/mol. The zero-order chi connectivity index (χ0) is 13.7. The van der Waals surface area contributed by atoms with Crippen LogP contribution in [-0.4, -0.2) is 26.3 Å². The van der Waals surface area contributed by atoms with Gasteiger partial charge >= 0.3 is 0 Å². The first-order chi connectivity index (χ1) is 9.22. The lowest BCUT2D eigenvalue weighted by Crippen LogP contribution is -2.15. The lowest BCUT2D eigenvalue weighted by Gasteiger charge is -2.08. The van der Waals surface area contributed by atoms with Gasteiger partial charge in [0.25, 0.3) is 0 Å². The van der Waals surface area contributed by atoms with Gasteiger partial charge < -0.3 is 15.4 Å². The fourth-order valence-corrected chi connectivity index (χ4v) is 2.35. The van der Waals surface area contributed by atoms with Crippen LogP contribution in [0.4, 0.5) is 0 Å². The second-order valence-corrected chi connectivity index (χ2v) is 5.12. The molecule has 0 aliphatic heterocycles. The standard InChI is InChI=1S/C14H19N3OS/c15-13(19)10-14-16-11-6-2-3-7-12(11)17(14)8-4-1-5-9-18/h2-3,6-7,18H,1,4-5,8-10H2,(H2,15,19). The highest BCUT2D eigenvalue weighted by Crippen LogP contribution is 2.17. The number of thiocarbonyl (C=S) groups is 1. The molecule has 2 rings (SSSR count). The van der Waals surface area contributed by atoms with Gasteiger partial charge in [0.05, 0.1) is 22.4 Å². The number of hydrogen-bond acceptors (Lipinski definition) is 3. The van der Waals surface area contributed by atoms with Crippen LogP contribution in [0.2, 0.25) is 0 Å². The zero-order valence-corrected chi connectivity index (χ0v) is 11.7. The van der Waals surface area contributed by atoms with Crippen molar-refractivity contribution in [2.24, 2.45) is 5.73 Å². The molecule has 0 aliphatic rings. The molecule has 5 heteroatoms. The lowest BCUT2D eigenvalue weighted by atomic mass is 10.2. The smallest absolute Gasteiger partial charge is 0.116 e. The summed E-state index contributed by atoms with van der Waals surface area (Å²) in [5, 5.41) is 8.82. The van der Waals surface area contributed by atoms with Crippen LogP contribution in [0.15, 0.2) is 24.3 Å². The van der Waals surface area contributed by atoms with Gasteiger partial charge in [-0.1, -0.05) is 24.4 Å². The maximum absolute atomic E-state index is 8.82.